The molecule has 7 nitrogen and oxygen atoms in total. The van der Waals surface area contributed by atoms with E-state index in [1.54, 1.807) is 0 Å². The summed E-state index contributed by atoms with van der Waals surface area (Å²) in [6, 6.07) is 0. The number of hydrogen-bond donors (Lipinski definition) is 0. The first-order valence-corrected chi connectivity index (χ1v) is 11.3. The van der Waals surface area contributed by atoms with Crippen LogP contribution in [0.2, 0.25) is 0 Å². The first kappa shape index (κ1) is 16.9. The molecule has 1 aliphatic carbocycles. The van der Waals surface area contributed by atoms with Crippen molar-refractivity contribution in [2.24, 2.45) is 0 Å². The number of aromatic nitrogens is 4. The minimum absolute atomic E-state index is 0.710. The van der Waals surface area contributed by atoms with E-state index in [1.165, 1.54) is 47.9 Å². The van der Waals surface area contributed by atoms with E-state index in [0.29, 0.717) is 5.95 Å². The second-order valence-corrected chi connectivity index (χ2v) is 9.01. The number of pyridine rings is 1. The second-order valence-electron chi connectivity index (χ2n) is 7.93. The van der Waals surface area contributed by atoms with Gasteiger partial charge in [0.05, 0.1) is 13.2 Å². The molecule has 0 unspecified atom stereocenters. The predicted octanol–water partition coefficient (Wildman–Crippen LogP) is 2.95. The van der Waals surface area contributed by atoms with Gasteiger partial charge in [0.1, 0.15) is 15.9 Å². The van der Waals surface area contributed by atoms with Crippen LogP contribution in [0.3, 0.4) is 0 Å². The minimum atomic E-state index is 0.710. The Hall–Kier alpha value is -2.06. The number of morpholine rings is 1. The summed E-state index contributed by atoms with van der Waals surface area (Å²) in [5.41, 5.74) is 3.33. The molecule has 2 aliphatic heterocycles. The molecule has 2 saturated heterocycles. The lowest BCUT2D eigenvalue weighted by Gasteiger charge is -2.26. The lowest BCUT2D eigenvalue weighted by atomic mass is 9.96. The number of anilines is 2. The SMILES string of the molecule is C1CCc2c(sc3nc(N4CCCC4)c4nc(N5CCOCC5)nnc4c23)C1. The Labute approximate surface area is 167 Å². The van der Waals surface area contributed by atoms with Crippen LogP contribution in [0, 0.1) is 0 Å². The van der Waals surface area contributed by atoms with E-state index >= 15 is 0 Å². The van der Waals surface area contributed by atoms with Gasteiger partial charge in [-0.1, -0.05) is 0 Å². The summed E-state index contributed by atoms with van der Waals surface area (Å²) in [6.45, 7) is 5.17. The average molecular weight is 397 g/mol. The molecule has 0 amide bonds. The first-order chi connectivity index (χ1) is 13.9. The van der Waals surface area contributed by atoms with E-state index in [2.05, 4.69) is 14.9 Å². The van der Waals surface area contributed by atoms with Crippen LogP contribution in [-0.4, -0.2) is 59.6 Å². The van der Waals surface area contributed by atoms with Gasteiger partial charge in [-0.3, -0.25) is 0 Å². The zero-order chi connectivity index (χ0) is 18.5. The lowest BCUT2D eigenvalue weighted by molar-refractivity contribution is 0.122. The highest BCUT2D eigenvalue weighted by molar-refractivity contribution is 7.19. The quantitative estimate of drug-likeness (QED) is 0.660. The van der Waals surface area contributed by atoms with E-state index in [0.717, 1.165) is 67.5 Å². The molecule has 0 saturated carbocycles. The number of rotatable bonds is 2. The molecule has 3 aliphatic rings. The van der Waals surface area contributed by atoms with Gasteiger partial charge in [0.2, 0.25) is 5.95 Å². The zero-order valence-corrected chi connectivity index (χ0v) is 16.8. The van der Waals surface area contributed by atoms with E-state index in [4.69, 9.17) is 19.8 Å². The summed E-state index contributed by atoms with van der Waals surface area (Å²) in [4.78, 5) is 17.3. The number of thiophene rings is 1. The molecule has 146 valence electrons. The third kappa shape index (κ3) is 2.65. The largest absolute Gasteiger partial charge is 0.378 e. The fourth-order valence-corrected chi connectivity index (χ4v) is 5.97. The Morgan fingerprint density at radius 1 is 0.786 bits per heavy atom. The number of aryl methyl sites for hydroxylation is 2. The lowest BCUT2D eigenvalue weighted by Crippen LogP contribution is -2.37. The molecule has 5 heterocycles. The molecule has 3 aromatic rings. The number of nitrogens with zero attached hydrogens (tertiary/aromatic N) is 6. The normalized spacial score (nSPS) is 20.3. The Balaban J connectivity index is 1.59. The van der Waals surface area contributed by atoms with Gasteiger partial charge in [-0.25, -0.2) is 9.97 Å². The smallest absolute Gasteiger partial charge is 0.246 e. The molecule has 2 fully saturated rings. The van der Waals surface area contributed by atoms with Crippen LogP contribution in [0.5, 0.6) is 0 Å². The van der Waals surface area contributed by atoms with Gasteiger partial charge in [-0.2, -0.15) is 0 Å². The highest BCUT2D eigenvalue weighted by Crippen LogP contribution is 2.41. The van der Waals surface area contributed by atoms with E-state index in [9.17, 15) is 0 Å². The molecule has 0 atom stereocenters. The molecule has 0 N–H and O–H groups in total. The molecular weight excluding hydrogens is 372 g/mol. The Bertz CT molecular complexity index is 1040. The van der Waals surface area contributed by atoms with Gasteiger partial charge in [0.15, 0.2) is 5.82 Å². The fourth-order valence-electron chi connectivity index (χ4n) is 4.71. The topological polar surface area (TPSA) is 67.3 Å². The van der Waals surface area contributed by atoms with Gasteiger partial charge >= 0.3 is 0 Å². The van der Waals surface area contributed by atoms with E-state index in [-0.39, 0.29) is 0 Å². The Morgan fingerprint density at radius 3 is 2.46 bits per heavy atom. The number of fused-ring (bicyclic) bond motifs is 5. The van der Waals surface area contributed by atoms with Crippen LogP contribution in [0.15, 0.2) is 0 Å². The maximum atomic E-state index is 5.49. The van der Waals surface area contributed by atoms with Crippen molar-refractivity contribution in [1.29, 1.82) is 0 Å². The van der Waals surface area contributed by atoms with Crippen molar-refractivity contribution >= 4 is 44.4 Å². The minimum Gasteiger partial charge on any atom is -0.378 e. The summed E-state index contributed by atoms with van der Waals surface area (Å²) in [6.07, 6.45) is 7.27. The van der Waals surface area contributed by atoms with Crippen LogP contribution in [-0.2, 0) is 17.6 Å². The molecule has 0 radical (unpaired) electrons. The third-order valence-electron chi connectivity index (χ3n) is 6.18. The molecule has 0 spiro atoms. The summed E-state index contributed by atoms with van der Waals surface area (Å²) in [5, 5.41) is 10.5. The van der Waals surface area contributed by atoms with Crippen molar-refractivity contribution in [2.75, 3.05) is 49.2 Å². The molecule has 0 aromatic carbocycles. The zero-order valence-electron chi connectivity index (χ0n) is 16.0. The van der Waals surface area contributed by atoms with Crippen molar-refractivity contribution in [3.63, 3.8) is 0 Å². The van der Waals surface area contributed by atoms with E-state index in [1.807, 2.05) is 11.3 Å². The molecule has 28 heavy (non-hydrogen) atoms. The average Bonchev–Trinajstić information content (AvgIpc) is 3.41. The molecule has 6 rings (SSSR count). The molecule has 3 aromatic heterocycles. The predicted molar refractivity (Wildman–Crippen MR) is 112 cm³/mol. The van der Waals surface area contributed by atoms with Crippen molar-refractivity contribution in [1.82, 2.24) is 20.2 Å². The monoisotopic (exact) mass is 396 g/mol. The summed E-state index contributed by atoms with van der Waals surface area (Å²) >= 11 is 1.86. The van der Waals surface area contributed by atoms with Crippen LogP contribution < -0.4 is 9.80 Å². The summed E-state index contributed by atoms with van der Waals surface area (Å²) in [5.74, 6) is 1.71. The van der Waals surface area contributed by atoms with Gasteiger partial charge in [-0.15, -0.1) is 21.5 Å². The fraction of sp³-hybridized carbons (Fsp3) is 0.600. The standard InChI is InChI=1S/C20H24N6OS/c1-2-6-14-13(5-1)15-16-17(18(22-19(15)28-14)25-7-3-4-8-25)21-20(24-23-16)26-9-11-27-12-10-26/h1-12H2. The second kappa shape index (κ2) is 6.77. The van der Waals surface area contributed by atoms with Crippen LogP contribution in [0.4, 0.5) is 11.8 Å². The Kier molecular flexibility index (Phi) is 4.08. The highest BCUT2D eigenvalue weighted by atomic mass is 32.1. The number of ether oxygens (including phenoxy) is 1. The summed E-state index contributed by atoms with van der Waals surface area (Å²) in [7, 11) is 0. The maximum Gasteiger partial charge on any atom is 0.246 e. The Morgan fingerprint density at radius 2 is 1.61 bits per heavy atom. The van der Waals surface area contributed by atoms with Crippen LogP contribution >= 0.6 is 11.3 Å². The molecule has 8 heteroatoms. The number of hydrogen-bond acceptors (Lipinski definition) is 8. The van der Waals surface area contributed by atoms with Crippen molar-refractivity contribution in [3.05, 3.63) is 10.4 Å². The van der Waals surface area contributed by atoms with Gasteiger partial charge in [-0.05, 0) is 44.1 Å². The van der Waals surface area contributed by atoms with Crippen LogP contribution in [0.1, 0.15) is 36.1 Å². The van der Waals surface area contributed by atoms with Crippen molar-refractivity contribution in [3.8, 4) is 0 Å². The maximum absolute atomic E-state index is 5.49. The summed E-state index contributed by atoms with van der Waals surface area (Å²) < 4.78 is 5.49. The van der Waals surface area contributed by atoms with Crippen molar-refractivity contribution in [2.45, 2.75) is 38.5 Å². The molecular formula is C20H24N6OS. The van der Waals surface area contributed by atoms with Gasteiger partial charge in [0.25, 0.3) is 0 Å². The third-order valence-corrected chi connectivity index (χ3v) is 7.37. The van der Waals surface area contributed by atoms with E-state index < -0.39 is 0 Å². The molecule has 0 bridgehead atoms. The van der Waals surface area contributed by atoms with Gasteiger partial charge in [0, 0.05) is 36.4 Å². The highest BCUT2D eigenvalue weighted by Gasteiger charge is 2.26. The first-order valence-electron chi connectivity index (χ1n) is 10.4. The van der Waals surface area contributed by atoms with Crippen molar-refractivity contribution < 1.29 is 4.74 Å². The van der Waals surface area contributed by atoms with Crippen LogP contribution in [0.25, 0.3) is 21.3 Å². The van der Waals surface area contributed by atoms with Gasteiger partial charge < -0.3 is 14.5 Å².